The fourth-order valence-corrected chi connectivity index (χ4v) is 5.72. The summed E-state index contributed by atoms with van der Waals surface area (Å²) in [5.74, 6) is 1.47. The lowest BCUT2D eigenvalue weighted by molar-refractivity contribution is -0.134. The number of carbonyl (C=O) groups is 1. The van der Waals surface area contributed by atoms with Crippen molar-refractivity contribution < 1.29 is 14.3 Å². The number of hydrogen-bond donors (Lipinski definition) is 0. The topological polar surface area (TPSA) is 69.5 Å². The fourth-order valence-electron chi connectivity index (χ4n) is 3.89. The van der Waals surface area contributed by atoms with Gasteiger partial charge in [0.2, 0.25) is 5.91 Å². The molecule has 174 valence electrons. The van der Waals surface area contributed by atoms with Crippen molar-refractivity contribution in [2.24, 2.45) is 0 Å². The molecule has 9 heteroatoms. The Hall–Kier alpha value is -3.14. The van der Waals surface area contributed by atoms with Gasteiger partial charge in [-0.1, -0.05) is 60.3 Å². The van der Waals surface area contributed by atoms with E-state index in [1.54, 1.807) is 18.4 Å². The molecule has 34 heavy (non-hydrogen) atoms. The van der Waals surface area contributed by atoms with Gasteiger partial charge in [0.1, 0.15) is 11.0 Å². The molecule has 0 radical (unpaired) electrons. The van der Waals surface area contributed by atoms with Crippen LogP contribution in [-0.2, 0) is 9.53 Å². The van der Waals surface area contributed by atoms with E-state index in [-0.39, 0.29) is 5.91 Å². The van der Waals surface area contributed by atoms with Crippen LogP contribution in [0.2, 0.25) is 0 Å². The number of rotatable bonds is 7. The van der Waals surface area contributed by atoms with Gasteiger partial charge in [0, 0.05) is 13.1 Å². The number of morpholine rings is 1. The van der Waals surface area contributed by atoms with Crippen molar-refractivity contribution in [2.75, 3.05) is 33.4 Å². The molecule has 1 saturated heterocycles. The third kappa shape index (κ3) is 4.59. The predicted molar refractivity (Wildman–Crippen MR) is 134 cm³/mol. The van der Waals surface area contributed by atoms with E-state index < -0.39 is 5.25 Å². The fraction of sp³-hybridized carbons (Fsp3) is 0.240. The van der Waals surface area contributed by atoms with E-state index >= 15 is 0 Å². The molecule has 1 aliphatic rings. The Morgan fingerprint density at radius 3 is 2.53 bits per heavy atom. The second-order valence-electron chi connectivity index (χ2n) is 7.64. The van der Waals surface area contributed by atoms with Crippen molar-refractivity contribution in [3.05, 3.63) is 77.7 Å². The maximum atomic E-state index is 13.7. The van der Waals surface area contributed by atoms with E-state index in [1.165, 1.54) is 11.8 Å². The van der Waals surface area contributed by atoms with E-state index in [1.807, 2.05) is 81.6 Å². The Morgan fingerprint density at radius 1 is 1.03 bits per heavy atom. The zero-order valence-corrected chi connectivity index (χ0v) is 20.3. The molecular formula is C25H24N4O3S2. The van der Waals surface area contributed by atoms with Crippen LogP contribution in [0.1, 0.15) is 10.8 Å². The average molecular weight is 493 g/mol. The van der Waals surface area contributed by atoms with Gasteiger partial charge in [0.25, 0.3) is 0 Å². The van der Waals surface area contributed by atoms with Crippen LogP contribution in [0.25, 0.3) is 16.4 Å². The summed E-state index contributed by atoms with van der Waals surface area (Å²) < 4.78 is 13.1. The van der Waals surface area contributed by atoms with Gasteiger partial charge in [-0.3, -0.25) is 9.36 Å². The maximum Gasteiger partial charge on any atom is 0.240 e. The molecule has 3 heterocycles. The van der Waals surface area contributed by atoms with Crippen LogP contribution >= 0.6 is 23.1 Å². The quantitative estimate of drug-likeness (QED) is 0.349. The Morgan fingerprint density at radius 2 is 1.79 bits per heavy atom. The van der Waals surface area contributed by atoms with Gasteiger partial charge >= 0.3 is 0 Å². The zero-order chi connectivity index (χ0) is 23.3. The summed E-state index contributed by atoms with van der Waals surface area (Å²) in [6.45, 7) is 2.28. The second kappa shape index (κ2) is 10.4. The van der Waals surface area contributed by atoms with Crippen molar-refractivity contribution in [3.8, 4) is 22.1 Å². The molecule has 0 saturated carbocycles. The largest absolute Gasteiger partial charge is 0.495 e. The van der Waals surface area contributed by atoms with E-state index in [0.29, 0.717) is 43.0 Å². The summed E-state index contributed by atoms with van der Waals surface area (Å²) in [4.78, 5) is 16.5. The number of aromatic nitrogens is 3. The van der Waals surface area contributed by atoms with Crippen molar-refractivity contribution in [1.29, 1.82) is 0 Å². The number of methoxy groups -OCH3 is 1. The highest BCUT2D eigenvalue weighted by atomic mass is 32.2. The first kappa shape index (κ1) is 22.6. The van der Waals surface area contributed by atoms with Crippen molar-refractivity contribution in [1.82, 2.24) is 19.7 Å². The van der Waals surface area contributed by atoms with Gasteiger partial charge in [0.05, 0.1) is 30.9 Å². The van der Waals surface area contributed by atoms with Gasteiger partial charge in [-0.2, -0.15) is 0 Å². The van der Waals surface area contributed by atoms with Crippen LogP contribution in [-0.4, -0.2) is 59.0 Å². The molecule has 0 aliphatic carbocycles. The molecular weight excluding hydrogens is 468 g/mol. The number of carbonyl (C=O) groups excluding carboxylic acids is 1. The minimum atomic E-state index is -0.465. The van der Waals surface area contributed by atoms with E-state index in [4.69, 9.17) is 9.47 Å². The smallest absolute Gasteiger partial charge is 0.240 e. The number of thiophene rings is 1. The molecule has 0 bridgehead atoms. The van der Waals surface area contributed by atoms with Gasteiger partial charge in [-0.25, -0.2) is 0 Å². The third-order valence-corrected chi connectivity index (χ3v) is 7.62. The summed E-state index contributed by atoms with van der Waals surface area (Å²) in [6.07, 6.45) is 0. The Kier molecular flexibility index (Phi) is 6.94. The molecule has 2 aromatic heterocycles. The molecule has 5 rings (SSSR count). The van der Waals surface area contributed by atoms with Gasteiger partial charge in [0.15, 0.2) is 11.0 Å². The molecule has 1 amide bonds. The normalized spacial score (nSPS) is 14.7. The van der Waals surface area contributed by atoms with Gasteiger partial charge < -0.3 is 14.4 Å². The first-order valence-corrected chi connectivity index (χ1v) is 12.7. The molecule has 1 atom stereocenters. The highest BCUT2D eigenvalue weighted by molar-refractivity contribution is 8.00. The van der Waals surface area contributed by atoms with Crippen LogP contribution in [0.15, 0.2) is 77.3 Å². The second-order valence-corrected chi connectivity index (χ2v) is 9.66. The predicted octanol–water partition coefficient (Wildman–Crippen LogP) is 4.70. The van der Waals surface area contributed by atoms with Crippen LogP contribution in [0.3, 0.4) is 0 Å². The highest BCUT2D eigenvalue weighted by Gasteiger charge is 2.31. The Bertz CT molecular complexity index is 1240. The van der Waals surface area contributed by atoms with Gasteiger partial charge in [-0.15, -0.1) is 21.5 Å². The Balaban J connectivity index is 1.59. The number of hydrogen-bond acceptors (Lipinski definition) is 7. The molecule has 2 aromatic carbocycles. The lowest BCUT2D eigenvalue weighted by Gasteiger charge is -2.30. The van der Waals surface area contributed by atoms with Crippen LogP contribution in [0, 0.1) is 0 Å². The van der Waals surface area contributed by atoms with Crippen molar-refractivity contribution in [2.45, 2.75) is 10.4 Å². The van der Waals surface area contributed by atoms with E-state index in [2.05, 4.69) is 10.2 Å². The van der Waals surface area contributed by atoms with Crippen LogP contribution in [0.4, 0.5) is 0 Å². The number of thioether (sulfide) groups is 1. The van der Waals surface area contributed by atoms with Crippen molar-refractivity contribution >= 4 is 29.0 Å². The van der Waals surface area contributed by atoms with E-state index in [9.17, 15) is 4.79 Å². The van der Waals surface area contributed by atoms with Crippen LogP contribution in [0.5, 0.6) is 5.75 Å². The number of amides is 1. The Labute approximate surface area is 206 Å². The number of benzene rings is 2. The summed E-state index contributed by atoms with van der Waals surface area (Å²) in [7, 11) is 1.65. The molecule has 4 aromatic rings. The summed E-state index contributed by atoms with van der Waals surface area (Å²) in [5.41, 5.74) is 1.75. The molecule has 0 spiro atoms. The standard InChI is InChI=1S/C25H24N4O3S2/c1-31-20-11-6-5-10-19(20)29-23(21-12-7-17-33-21)26-27-25(29)34-22(18-8-3-2-4-9-18)24(30)28-13-15-32-16-14-28/h2-12,17,22H,13-16H2,1H3/t22-/m0/s1. The summed E-state index contributed by atoms with van der Waals surface area (Å²) in [5, 5.41) is 11.3. The minimum Gasteiger partial charge on any atom is -0.495 e. The number of ether oxygens (including phenoxy) is 2. The summed E-state index contributed by atoms with van der Waals surface area (Å²) in [6, 6.07) is 21.6. The lowest BCUT2D eigenvalue weighted by atomic mass is 10.1. The molecule has 1 aliphatic heterocycles. The first-order chi connectivity index (χ1) is 16.8. The lowest BCUT2D eigenvalue weighted by Crippen LogP contribution is -2.42. The first-order valence-electron chi connectivity index (χ1n) is 11.0. The molecule has 0 N–H and O–H groups in total. The number of para-hydroxylation sites is 2. The van der Waals surface area contributed by atoms with Crippen molar-refractivity contribution in [3.63, 3.8) is 0 Å². The molecule has 7 nitrogen and oxygen atoms in total. The average Bonchev–Trinajstić information content (AvgIpc) is 3.58. The van der Waals surface area contributed by atoms with Gasteiger partial charge in [-0.05, 0) is 29.1 Å². The SMILES string of the molecule is COc1ccccc1-n1c(S[C@H](C(=O)N2CCOCC2)c2ccccc2)nnc1-c1cccs1. The zero-order valence-electron chi connectivity index (χ0n) is 18.7. The molecule has 1 fully saturated rings. The minimum absolute atomic E-state index is 0.0479. The highest BCUT2D eigenvalue weighted by Crippen LogP contribution is 2.40. The van der Waals surface area contributed by atoms with E-state index in [0.717, 1.165) is 16.1 Å². The number of nitrogens with zero attached hydrogens (tertiary/aromatic N) is 4. The maximum absolute atomic E-state index is 13.7. The molecule has 0 unspecified atom stereocenters. The van der Waals surface area contributed by atoms with Crippen LogP contribution < -0.4 is 4.74 Å². The summed E-state index contributed by atoms with van der Waals surface area (Å²) >= 11 is 3.00. The monoisotopic (exact) mass is 492 g/mol. The third-order valence-electron chi connectivity index (χ3n) is 5.57.